The van der Waals surface area contributed by atoms with Crippen molar-refractivity contribution in [1.82, 2.24) is 9.78 Å². The Labute approximate surface area is 173 Å². The topological polar surface area (TPSA) is 107 Å². The third-order valence-corrected chi connectivity index (χ3v) is 4.74. The van der Waals surface area contributed by atoms with Crippen molar-refractivity contribution >= 4 is 39.9 Å². The molecule has 142 valence electrons. The Bertz CT molecular complexity index is 1160. The highest BCUT2D eigenvalue weighted by molar-refractivity contribution is 14.1. The predicted molar refractivity (Wildman–Crippen MR) is 113 cm³/mol. The summed E-state index contributed by atoms with van der Waals surface area (Å²) in [6.07, 6.45) is 0. The second kappa shape index (κ2) is 7.89. The lowest BCUT2D eigenvalue weighted by Crippen LogP contribution is -2.27. The highest BCUT2D eigenvalue weighted by Gasteiger charge is 2.20. The molecular formula is C19H15IN4O4. The fourth-order valence-corrected chi connectivity index (χ4v) is 3.34. The van der Waals surface area contributed by atoms with Gasteiger partial charge in [-0.25, -0.2) is 4.68 Å². The molecule has 0 radical (unpaired) electrons. The SMILES string of the molecule is Cc1cc(I)ccc1NC(=O)c1nn(-c2ccccc2[N+](=O)[O-])c(C)cc1=O. The van der Waals surface area contributed by atoms with E-state index in [9.17, 15) is 19.7 Å². The molecule has 0 atom stereocenters. The molecule has 0 aliphatic carbocycles. The third kappa shape index (κ3) is 3.93. The van der Waals surface area contributed by atoms with Gasteiger partial charge in [-0.1, -0.05) is 12.1 Å². The Kier molecular flexibility index (Phi) is 5.54. The largest absolute Gasteiger partial charge is 0.320 e. The molecule has 28 heavy (non-hydrogen) atoms. The van der Waals surface area contributed by atoms with Crippen LogP contribution in [-0.2, 0) is 0 Å². The molecule has 3 aromatic rings. The van der Waals surface area contributed by atoms with Crippen molar-refractivity contribution in [2.75, 3.05) is 5.32 Å². The van der Waals surface area contributed by atoms with Crippen LogP contribution in [0.4, 0.5) is 11.4 Å². The summed E-state index contributed by atoms with van der Waals surface area (Å²) in [6.45, 7) is 3.43. The molecule has 8 nitrogen and oxygen atoms in total. The number of nitro groups is 1. The molecule has 9 heteroatoms. The molecule has 0 saturated heterocycles. The van der Waals surface area contributed by atoms with Gasteiger partial charge < -0.3 is 5.32 Å². The van der Waals surface area contributed by atoms with E-state index < -0.39 is 16.3 Å². The van der Waals surface area contributed by atoms with Crippen LogP contribution in [0.3, 0.4) is 0 Å². The third-order valence-electron chi connectivity index (χ3n) is 4.07. The molecule has 3 rings (SSSR count). The Morgan fingerprint density at radius 1 is 1.18 bits per heavy atom. The zero-order valence-corrected chi connectivity index (χ0v) is 17.1. The maximum absolute atomic E-state index is 12.7. The van der Waals surface area contributed by atoms with Crippen LogP contribution < -0.4 is 10.7 Å². The summed E-state index contributed by atoms with van der Waals surface area (Å²) in [4.78, 5) is 35.8. The van der Waals surface area contributed by atoms with Crippen molar-refractivity contribution in [3.8, 4) is 5.69 Å². The molecule has 0 spiro atoms. The first kappa shape index (κ1) is 19.7. The number of nitro benzene ring substituents is 1. The van der Waals surface area contributed by atoms with Crippen molar-refractivity contribution in [2.24, 2.45) is 0 Å². The van der Waals surface area contributed by atoms with Gasteiger partial charge in [0.15, 0.2) is 5.69 Å². The first-order chi connectivity index (χ1) is 13.3. The number of nitrogens with zero attached hydrogens (tertiary/aromatic N) is 3. The molecule has 1 heterocycles. The second-order valence-corrected chi connectivity index (χ2v) is 7.32. The van der Waals surface area contributed by atoms with Crippen molar-refractivity contribution in [3.05, 3.63) is 89.4 Å². The number of aromatic nitrogens is 2. The maximum atomic E-state index is 12.7. The second-order valence-electron chi connectivity index (χ2n) is 6.07. The molecule has 0 aliphatic rings. The van der Waals surface area contributed by atoms with Gasteiger partial charge in [0.2, 0.25) is 5.43 Å². The van der Waals surface area contributed by atoms with Crippen molar-refractivity contribution in [3.63, 3.8) is 0 Å². The highest BCUT2D eigenvalue weighted by atomic mass is 127. The number of nitrogens with one attached hydrogen (secondary N) is 1. The average Bonchev–Trinajstić information content (AvgIpc) is 2.64. The number of hydrogen-bond acceptors (Lipinski definition) is 5. The van der Waals surface area contributed by atoms with Crippen LogP contribution in [0, 0.1) is 27.5 Å². The van der Waals surface area contributed by atoms with E-state index >= 15 is 0 Å². The molecule has 1 aromatic heterocycles. The Hall–Kier alpha value is -3.08. The summed E-state index contributed by atoms with van der Waals surface area (Å²) in [7, 11) is 0. The molecule has 1 N–H and O–H groups in total. The van der Waals surface area contributed by atoms with E-state index in [-0.39, 0.29) is 17.1 Å². The van der Waals surface area contributed by atoms with E-state index in [2.05, 4.69) is 33.0 Å². The number of carbonyl (C=O) groups is 1. The van der Waals surface area contributed by atoms with Crippen molar-refractivity contribution in [1.29, 1.82) is 0 Å². The van der Waals surface area contributed by atoms with Crippen LogP contribution in [0.25, 0.3) is 5.69 Å². The number of benzene rings is 2. The van der Waals surface area contributed by atoms with E-state index in [0.717, 1.165) is 9.13 Å². The van der Waals surface area contributed by atoms with Crippen LogP contribution in [-0.4, -0.2) is 20.6 Å². The summed E-state index contributed by atoms with van der Waals surface area (Å²) >= 11 is 2.16. The van der Waals surface area contributed by atoms with Gasteiger partial charge >= 0.3 is 0 Å². The zero-order chi connectivity index (χ0) is 20.4. The van der Waals surface area contributed by atoms with Crippen LogP contribution in [0.1, 0.15) is 21.7 Å². The van der Waals surface area contributed by atoms with Crippen LogP contribution in [0.15, 0.2) is 53.3 Å². The summed E-state index contributed by atoms with van der Waals surface area (Å²) < 4.78 is 2.25. The Morgan fingerprint density at radius 3 is 2.57 bits per heavy atom. The number of hydrogen-bond donors (Lipinski definition) is 1. The first-order valence-corrected chi connectivity index (χ1v) is 9.28. The normalized spacial score (nSPS) is 10.5. The predicted octanol–water partition coefficient (Wildman–Crippen LogP) is 3.61. The van der Waals surface area contributed by atoms with Crippen LogP contribution in [0.5, 0.6) is 0 Å². The fraction of sp³-hybridized carbons (Fsp3) is 0.105. The lowest BCUT2D eigenvalue weighted by molar-refractivity contribution is -0.384. The molecular weight excluding hydrogens is 475 g/mol. The number of aryl methyl sites for hydroxylation is 2. The summed E-state index contributed by atoms with van der Waals surface area (Å²) in [5, 5.41) is 18.1. The Balaban J connectivity index is 2.06. The van der Waals surface area contributed by atoms with Crippen molar-refractivity contribution in [2.45, 2.75) is 13.8 Å². The molecule has 2 aromatic carbocycles. The summed E-state index contributed by atoms with van der Waals surface area (Å²) in [6, 6.07) is 12.7. The van der Waals surface area contributed by atoms with E-state index in [4.69, 9.17) is 0 Å². The van der Waals surface area contributed by atoms with E-state index in [1.54, 1.807) is 19.1 Å². The van der Waals surface area contributed by atoms with Gasteiger partial charge in [0.05, 0.1) is 4.92 Å². The number of para-hydroxylation sites is 2. The standard InChI is InChI=1S/C19H15IN4O4/c1-11-9-13(20)7-8-14(11)21-19(26)18-17(25)10-12(2)23(22-18)15-5-3-4-6-16(15)24(27)28/h3-10H,1-2H3,(H,21,26). The zero-order valence-electron chi connectivity index (χ0n) is 15.0. The van der Waals surface area contributed by atoms with Gasteiger partial charge in [0.1, 0.15) is 5.69 Å². The van der Waals surface area contributed by atoms with E-state index in [1.807, 2.05) is 19.1 Å². The minimum absolute atomic E-state index is 0.171. The number of anilines is 1. The van der Waals surface area contributed by atoms with Crippen LogP contribution >= 0.6 is 22.6 Å². The summed E-state index contributed by atoms with van der Waals surface area (Å²) in [5.41, 5.74) is 0.859. The van der Waals surface area contributed by atoms with Gasteiger partial charge in [-0.15, -0.1) is 0 Å². The lowest BCUT2D eigenvalue weighted by Gasteiger charge is -2.12. The molecule has 0 saturated carbocycles. The number of rotatable bonds is 4. The molecule has 0 aliphatic heterocycles. The lowest BCUT2D eigenvalue weighted by atomic mass is 10.2. The minimum atomic E-state index is -0.679. The first-order valence-electron chi connectivity index (χ1n) is 8.20. The monoisotopic (exact) mass is 490 g/mol. The molecule has 1 amide bonds. The molecule has 0 unspecified atom stereocenters. The average molecular weight is 490 g/mol. The van der Waals surface area contributed by atoms with Gasteiger partial charge in [-0.3, -0.25) is 19.7 Å². The van der Waals surface area contributed by atoms with Gasteiger partial charge in [-0.05, 0) is 66.3 Å². The Morgan fingerprint density at radius 2 is 1.89 bits per heavy atom. The fourth-order valence-electron chi connectivity index (χ4n) is 2.70. The van der Waals surface area contributed by atoms with E-state index in [0.29, 0.717) is 11.4 Å². The van der Waals surface area contributed by atoms with Gasteiger partial charge in [0.25, 0.3) is 11.6 Å². The molecule has 0 fully saturated rings. The van der Waals surface area contributed by atoms with Gasteiger partial charge in [-0.2, -0.15) is 5.10 Å². The number of amides is 1. The molecule has 0 bridgehead atoms. The van der Waals surface area contributed by atoms with Crippen molar-refractivity contribution < 1.29 is 9.72 Å². The summed E-state index contributed by atoms with van der Waals surface area (Å²) in [5.74, 6) is -0.679. The van der Waals surface area contributed by atoms with Crippen LogP contribution in [0.2, 0.25) is 0 Å². The smallest absolute Gasteiger partial charge is 0.294 e. The van der Waals surface area contributed by atoms with Gasteiger partial charge in [0, 0.05) is 27.1 Å². The minimum Gasteiger partial charge on any atom is -0.320 e. The number of carbonyl (C=O) groups excluding carboxylic acids is 1. The highest BCUT2D eigenvalue weighted by Crippen LogP contribution is 2.22. The maximum Gasteiger partial charge on any atom is 0.294 e. The number of halogens is 1. The quantitative estimate of drug-likeness (QED) is 0.342. The van der Waals surface area contributed by atoms with E-state index in [1.165, 1.54) is 28.9 Å².